The first kappa shape index (κ1) is 29.3. The fraction of sp³-hybridized carbons (Fsp3) is 0.733. The van der Waals surface area contributed by atoms with E-state index in [2.05, 4.69) is 28.7 Å². The van der Waals surface area contributed by atoms with Crippen molar-refractivity contribution in [3.8, 4) is 0 Å². The van der Waals surface area contributed by atoms with Crippen LogP contribution >= 0.6 is 12.6 Å². The number of ether oxygens (including phenoxy) is 2. The summed E-state index contributed by atoms with van der Waals surface area (Å²) in [5.74, 6) is -13.2. The Kier molecular flexibility index (Phi) is 10.1. The Morgan fingerprint density at radius 3 is 1.90 bits per heavy atom. The van der Waals surface area contributed by atoms with Gasteiger partial charge in [-0.3, -0.25) is 4.79 Å². The zero-order valence-electron chi connectivity index (χ0n) is 15.4. The maximum Gasteiger partial charge on any atom is 0.466 e. The van der Waals surface area contributed by atoms with Crippen LogP contribution in [0, 0.1) is 0 Å². The van der Waals surface area contributed by atoms with E-state index in [4.69, 9.17) is 0 Å². The monoisotopic (exact) mass is 497 g/mol. The van der Waals surface area contributed by atoms with E-state index in [-0.39, 0.29) is 6.08 Å². The minimum Gasteiger partial charge on any atom is -0.412 e. The van der Waals surface area contributed by atoms with Gasteiger partial charge in [0.25, 0.3) is 0 Å². The van der Waals surface area contributed by atoms with Crippen molar-refractivity contribution in [2.45, 2.75) is 55.0 Å². The van der Waals surface area contributed by atoms with Crippen LogP contribution in [0.25, 0.3) is 0 Å². The molecule has 0 aromatic rings. The van der Waals surface area contributed by atoms with E-state index in [1.165, 1.54) is 5.32 Å². The summed E-state index contributed by atoms with van der Waals surface area (Å²) in [5.41, 5.74) is 0. The normalized spacial score (nSPS) is 15.2. The van der Waals surface area contributed by atoms with Crippen LogP contribution in [-0.4, -0.2) is 54.3 Å². The fourth-order valence-electron chi connectivity index (χ4n) is 1.84. The zero-order valence-corrected chi connectivity index (χ0v) is 16.3. The number of hydrogen-bond acceptors (Lipinski definition) is 5. The average Bonchev–Trinajstić information content (AvgIpc) is 2.56. The number of carbonyl (C=O) groups excluding carboxylic acids is 2. The number of halogens is 10. The second-order valence-corrected chi connectivity index (χ2v) is 6.47. The summed E-state index contributed by atoms with van der Waals surface area (Å²) in [4.78, 5) is 23.2. The van der Waals surface area contributed by atoms with Gasteiger partial charge in [0.05, 0.1) is 13.0 Å². The molecule has 0 saturated carbocycles. The van der Waals surface area contributed by atoms with Gasteiger partial charge in [-0.25, -0.2) is 4.79 Å². The van der Waals surface area contributed by atoms with Crippen LogP contribution in [0.1, 0.15) is 25.7 Å². The van der Waals surface area contributed by atoms with Crippen molar-refractivity contribution in [2.75, 3.05) is 13.2 Å². The average molecular weight is 497 g/mol. The molecule has 0 saturated heterocycles. The highest BCUT2D eigenvalue weighted by Gasteiger charge is 2.66. The lowest BCUT2D eigenvalue weighted by atomic mass is 10.1. The Bertz CT molecular complexity index is 633. The lowest BCUT2D eigenvalue weighted by Gasteiger charge is -2.33. The highest BCUT2D eigenvalue weighted by Crippen LogP contribution is 2.41. The molecule has 182 valence electrons. The molecule has 1 unspecified atom stereocenters. The first-order valence-corrected chi connectivity index (χ1v) is 8.63. The SMILES string of the molecule is C=CC(=O)OC(OCCCCC(F)(F)C(F)(F)S)(C(=O)NCCC(F)(F)F)C(F)(F)F. The standard InChI is InChI=1S/C15H17F10NO4S/c1-2-9(27)30-13(14(21,22)23,10(28)26-7-6-12(18,19)20)29-8-4-3-5-11(16,17)15(24,25)31/h2,31H,1,3-8H2,(H,26,28). The van der Waals surface area contributed by atoms with Crippen LogP contribution in [0.3, 0.4) is 0 Å². The summed E-state index contributed by atoms with van der Waals surface area (Å²) >= 11 is 2.41. The van der Waals surface area contributed by atoms with Gasteiger partial charge in [-0.15, -0.1) is 0 Å². The number of esters is 1. The second-order valence-electron chi connectivity index (χ2n) is 5.91. The van der Waals surface area contributed by atoms with E-state index < -0.39 is 80.0 Å². The molecule has 31 heavy (non-hydrogen) atoms. The van der Waals surface area contributed by atoms with Gasteiger partial charge in [-0.1, -0.05) is 19.2 Å². The van der Waals surface area contributed by atoms with E-state index in [0.717, 1.165) is 0 Å². The topological polar surface area (TPSA) is 64.6 Å². The van der Waals surface area contributed by atoms with Crippen molar-refractivity contribution >= 4 is 24.5 Å². The molecule has 0 fully saturated rings. The van der Waals surface area contributed by atoms with Crippen molar-refractivity contribution in [3.05, 3.63) is 12.7 Å². The van der Waals surface area contributed by atoms with Gasteiger partial charge >= 0.3 is 41.2 Å². The third-order valence-corrected chi connectivity index (χ3v) is 3.73. The molecule has 5 nitrogen and oxygen atoms in total. The minimum absolute atomic E-state index is 0.197. The second kappa shape index (κ2) is 10.7. The Labute approximate surface area is 174 Å². The lowest BCUT2D eigenvalue weighted by Crippen LogP contribution is -2.61. The van der Waals surface area contributed by atoms with E-state index >= 15 is 0 Å². The summed E-state index contributed by atoms with van der Waals surface area (Å²) in [5, 5.41) is -3.45. The summed E-state index contributed by atoms with van der Waals surface area (Å²) < 4.78 is 136. The predicted octanol–water partition coefficient (Wildman–Crippen LogP) is 4.39. The molecule has 0 spiro atoms. The first-order valence-electron chi connectivity index (χ1n) is 8.18. The number of unbranched alkanes of at least 4 members (excludes halogenated alkanes) is 1. The largest absolute Gasteiger partial charge is 0.466 e. The Hall–Kier alpha value is -1.71. The Balaban J connectivity index is 5.36. The van der Waals surface area contributed by atoms with E-state index in [0.29, 0.717) is 0 Å². The minimum atomic E-state index is -5.82. The van der Waals surface area contributed by atoms with Crippen molar-refractivity contribution in [3.63, 3.8) is 0 Å². The summed E-state index contributed by atoms with van der Waals surface area (Å²) in [6.45, 7) is 0.249. The van der Waals surface area contributed by atoms with Crippen LogP contribution in [0.2, 0.25) is 0 Å². The number of carbonyl (C=O) groups is 2. The van der Waals surface area contributed by atoms with Crippen molar-refractivity contribution in [1.29, 1.82) is 0 Å². The highest BCUT2D eigenvalue weighted by atomic mass is 32.1. The number of thiol groups is 1. The smallest absolute Gasteiger partial charge is 0.412 e. The molecule has 0 aliphatic heterocycles. The maximum absolute atomic E-state index is 13.5. The molecule has 0 radical (unpaired) electrons. The molecule has 16 heteroatoms. The van der Waals surface area contributed by atoms with Crippen LogP contribution in [0.4, 0.5) is 43.9 Å². The highest BCUT2D eigenvalue weighted by molar-refractivity contribution is 7.81. The zero-order chi connectivity index (χ0) is 24.7. The predicted molar refractivity (Wildman–Crippen MR) is 87.4 cm³/mol. The molecule has 0 aromatic heterocycles. The van der Waals surface area contributed by atoms with E-state index in [1.807, 2.05) is 0 Å². The maximum atomic E-state index is 13.5. The Morgan fingerprint density at radius 1 is 0.935 bits per heavy atom. The number of rotatable bonds is 12. The van der Waals surface area contributed by atoms with E-state index in [9.17, 15) is 53.5 Å². The molecule has 0 rings (SSSR count). The molecular weight excluding hydrogens is 480 g/mol. The third-order valence-electron chi connectivity index (χ3n) is 3.41. The van der Waals surface area contributed by atoms with Crippen LogP contribution < -0.4 is 5.32 Å². The van der Waals surface area contributed by atoms with Crippen molar-refractivity contribution in [1.82, 2.24) is 5.32 Å². The van der Waals surface area contributed by atoms with Gasteiger partial charge in [0.2, 0.25) is 0 Å². The van der Waals surface area contributed by atoms with Crippen molar-refractivity contribution in [2.24, 2.45) is 0 Å². The molecule has 0 aliphatic carbocycles. The molecule has 1 atom stereocenters. The lowest BCUT2D eigenvalue weighted by molar-refractivity contribution is -0.347. The number of hydrogen-bond donors (Lipinski definition) is 2. The fourth-order valence-corrected chi connectivity index (χ4v) is 1.95. The third kappa shape index (κ3) is 9.13. The molecular formula is C15H17F10NO4S. The van der Waals surface area contributed by atoms with Gasteiger partial charge in [-0.2, -0.15) is 43.9 Å². The summed E-state index contributed by atoms with van der Waals surface area (Å²) in [6, 6.07) is 0. The van der Waals surface area contributed by atoms with Gasteiger partial charge in [0, 0.05) is 19.0 Å². The van der Waals surface area contributed by atoms with E-state index in [1.54, 1.807) is 0 Å². The summed E-state index contributed by atoms with van der Waals surface area (Å²) in [7, 11) is 0. The molecule has 0 heterocycles. The van der Waals surface area contributed by atoms with Crippen LogP contribution in [-0.2, 0) is 19.1 Å². The molecule has 1 N–H and O–H groups in total. The van der Waals surface area contributed by atoms with Crippen molar-refractivity contribution < 1.29 is 63.0 Å². The first-order chi connectivity index (χ1) is 13.8. The number of amides is 1. The van der Waals surface area contributed by atoms with Gasteiger partial charge in [-0.05, 0) is 12.8 Å². The summed E-state index contributed by atoms with van der Waals surface area (Å²) in [6.07, 6.45) is -15.3. The Morgan fingerprint density at radius 2 is 1.48 bits per heavy atom. The molecule has 1 amide bonds. The molecule has 0 aromatic carbocycles. The van der Waals surface area contributed by atoms with Gasteiger partial charge in [0.1, 0.15) is 0 Å². The van der Waals surface area contributed by atoms with Gasteiger partial charge in [0.15, 0.2) is 0 Å². The van der Waals surface area contributed by atoms with Gasteiger partial charge < -0.3 is 14.8 Å². The number of nitrogens with one attached hydrogen (secondary N) is 1. The molecule has 0 aliphatic rings. The quantitative estimate of drug-likeness (QED) is 0.105. The molecule has 0 bridgehead atoms. The van der Waals surface area contributed by atoms with Crippen LogP contribution in [0.5, 0.6) is 0 Å². The number of alkyl halides is 10. The van der Waals surface area contributed by atoms with Crippen LogP contribution in [0.15, 0.2) is 12.7 Å².